The molecule has 2 aromatic carbocycles. The zero-order valence-corrected chi connectivity index (χ0v) is 18.6. The Morgan fingerprint density at radius 3 is 2.42 bits per heavy atom. The van der Waals surface area contributed by atoms with Gasteiger partial charge < -0.3 is 16.8 Å². The Morgan fingerprint density at radius 1 is 1.11 bits per heavy atom. The number of aromatic nitrogens is 4. The first kappa shape index (κ1) is 24.4. The summed E-state index contributed by atoms with van der Waals surface area (Å²) in [6.07, 6.45) is -2.80. The standard InChI is InChI=1S/C23H18F4N8O/c1-2-15(31-20-14(9-28)19(29)33-23(30)34-20)21-32-16-5-3-4-13(18(26)27)17(16)22(36)35(21)12-7-10(24)6-11(25)8-12/h3-8,15,18H,2H2,1H3,(H5,29,30,31,33,34)/t15-/m0/s1. The first-order valence-electron chi connectivity index (χ1n) is 10.5. The summed E-state index contributed by atoms with van der Waals surface area (Å²) in [4.78, 5) is 25.7. The fourth-order valence-corrected chi connectivity index (χ4v) is 3.83. The molecule has 5 N–H and O–H groups in total. The van der Waals surface area contributed by atoms with Crippen LogP contribution in [0.25, 0.3) is 16.6 Å². The summed E-state index contributed by atoms with van der Waals surface area (Å²) in [6.45, 7) is 1.69. The SMILES string of the molecule is CC[C@H](Nc1nc(N)nc(N)c1C#N)c1nc2cccc(C(F)F)c2c(=O)n1-c1cc(F)cc(F)c1. The number of halogens is 4. The van der Waals surface area contributed by atoms with E-state index in [1.165, 1.54) is 12.1 Å². The van der Waals surface area contributed by atoms with Crippen molar-refractivity contribution in [1.82, 2.24) is 19.5 Å². The minimum Gasteiger partial charge on any atom is -0.382 e. The summed E-state index contributed by atoms with van der Waals surface area (Å²) in [6, 6.07) is 7.07. The number of alkyl halides is 2. The Labute approximate surface area is 201 Å². The van der Waals surface area contributed by atoms with Crippen LogP contribution in [-0.2, 0) is 0 Å². The third-order valence-corrected chi connectivity index (χ3v) is 5.39. The third kappa shape index (κ3) is 4.36. The van der Waals surface area contributed by atoms with Crippen LogP contribution in [0.15, 0.2) is 41.2 Å². The highest BCUT2D eigenvalue weighted by Gasteiger charge is 2.25. The molecule has 0 saturated heterocycles. The van der Waals surface area contributed by atoms with Crippen molar-refractivity contribution in [2.45, 2.75) is 25.8 Å². The van der Waals surface area contributed by atoms with Gasteiger partial charge in [0.05, 0.1) is 22.6 Å². The summed E-state index contributed by atoms with van der Waals surface area (Å²) < 4.78 is 56.6. The van der Waals surface area contributed by atoms with Crippen LogP contribution < -0.4 is 22.3 Å². The molecule has 0 bridgehead atoms. The molecular formula is C23H18F4N8O. The van der Waals surface area contributed by atoms with Crippen molar-refractivity contribution >= 4 is 28.5 Å². The van der Waals surface area contributed by atoms with Crippen LogP contribution >= 0.6 is 0 Å². The number of hydrogen-bond acceptors (Lipinski definition) is 8. The lowest BCUT2D eigenvalue weighted by Crippen LogP contribution is -2.29. The van der Waals surface area contributed by atoms with E-state index in [9.17, 15) is 27.6 Å². The number of nitrogen functional groups attached to an aromatic ring is 2. The second-order valence-corrected chi connectivity index (χ2v) is 7.69. The monoisotopic (exact) mass is 498 g/mol. The molecule has 1 atom stereocenters. The van der Waals surface area contributed by atoms with Crippen LogP contribution in [0.1, 0.15) is 42.8 Å². The molecule has 13 heteroatoms. The first-order valence-corrected chi connectivity index (χ1v) is 10.5. The minimum atomic E-state index is -3.00. The molecule has 0 aliphatic carbocycles. The Hall–Kier alpha value is -4.73. The highest BCUT2D eigenvalue weighted by atomic mass is 19.3. The smallest absolute Gasteiger partial charge is 0.266 e. The van der Waals surface area contributed by atoms with Crippen LogP contribution in [0.4, 0.5) is 35.1 Å². The molecule has 2 aromatic heterocycles. The maximum atomic E-state index is 14.1. The van der Waals surface area contributed by atoms with Gasteiger partial charge in [0.15, 0.2) is 5.82 Å². The van der Waals surface area contributed by atoms with Gasteiger partial charge in [-0.05, 0) is 24.6 Å². The van der Waals surface area contributed by atoms with Crippen LogP contribution in [0.3, 0.4) is 0 Å². The van der Waals surface area contributed by atoms with Crippen molar-refractivity contribution in [1.29, 1.82) is 5.26 Å². The Morgan fingerprint density at radius 2 is 1.81 bits per heavy atom. The zero-order chi connectivity index (χ0) is 26.1. The molecule has 0 aliphatic rings. The van der Waals surface area contributed by atoms with Gasteiger partial charge in [0.1, 0.15) is 34.9 Å². The summed E-state index contributed by atoms with van der Waals surface area (Å²) in [7, 11) is 0. The van der Waals surface area contributed by atoms with E-state index in [0.717, 1.165) is 22.8 Å². The van der Waals surface area contributed by atoms with Gasteiger partial charge in [0.25, 0.3) is 12.0 Å². The number of nitrogens with zero attached hydrogens (tertiary/aromatic N) is 5. The van der Waals surface area contributed by atoms with Gasteiger partial charge >= 0.3 is 0 Å². The number of nitrogens with one attached hydrogen (secondary N) is 1. The lowest BCUT2D eigenvalue weighted by atomic mass is 10.1. The maximum Gasteiger partial charge on any atom is 0.266 e. The molecular weight excluding hydrogens is 480 g/mol. The van der Waals surface area contributed by atoms with E-state index in [2.05, 4.69) is 20.3 Å². The summed E-state index contributed by atoms with van der Waals surface area (Å²) in [5.41, 5.74) is 9.44. The van der Waals surface area contributed by atoms with Gasteiger partial charge in [-0.25, -0.2) is 22.5 Å². The Balaban J connectivity index is 2.04. The van der Waals surface area contributed by atoms with Gasteiger partial charge in [-0.3, -0.25) is 9.36 Å². The molecule has 0 aliphatic heterocycles. The van der Waals surface area contributed by atoms with Crippen LogP contribution in [0, 0.1) is 23.0 Å². The summed E-state index contributed by atoms with van der Waals surface area (Å²) in [5.74, 6) is -2.56. The molecule has 0 fully saturated rings. The molecule has 184 valence electrons. The molecule has 0 radical (unpaired) electrons. The zero-order valence-electron chi connectivity index (χ0n) is 18.6. The Kier molecular flexibility index (Phi) is 6.43. The van der Waals surface area contributed by atoms with Crippen molar-refractivity contribution < 1.29 is 17.6 Å². The topological polar surface area (TPSA) is 149 Å². The van der Waals surface area contributed by atoms with E-state index < -0.39 is 40.6 Å². The molecule has 0 saturated carbocycles. The molecule has 36 heavy (non-hydrogen) atoms. The normalized spacial score (nSPS) is 12.0. The lowest BCUT2D eigenvalue weighted by molar-refractivity contribution is 0.153. The molecule has 4 aromatic rings. The van der Waals surface area contributed by atoms with E-state index in [4.69, 9.17) is 11.5 Å². The maximum absolute atomic E-state index is 14.1. The second kappa shape index (κ2) is 9.49. The molecule has 0 unspecified atom stereocenters. The number of nitriles is 1. The fourth-order valence-electron chi connectivity index (χ4n) is 3.83. The van der Waals surface area contributed by atoms with E-state index in [-0.39, 0.29) is 46.6 Å². The van der Waals surface area contributed by atoms with Gasteiger partial charge in [0.2, 0.25) is 5.95 Å². The van der Waals surface area contributed by atoms with E-state index >= 15 is 0 Å². The number of nitrogens with two attached hydrogens (primary N) is 2. The van der Waals surface area contributed by atoms with Gasteiger partial charge in [-0.1, -0.05) is 19.1 Å². The molecule has 0 amide bonds. The van der Waals surface area contributed by atoms with Gasteiger partial charge in [-0.2, -0.15) is 15.2 Å². The second-order valence-electron chi connectivity index (χ2n) is 7.69. The van der Waals surface area contributed by atoms with Crippen molar-refractivity contribution in [2.75, 3.05) is 16.8 Å². The number of hydrogen-bond donors (Lipinski definition) is 3. The highest BCUT2D eigenvalue weighted by Crippen LogP contribution is 2.30. The van der Waals surface area contributed by atoms with Gasteiger partial charge in [0, 0.05) is 11.6 Å². The third-order valence-electron chi connectivity index (χ3n) is 5.39. The van der Waals surface area contributed by atoms with Gasteiger partial charge in [-0.15, -0.1) is 0 Å². The average molecular weight is 498 g/mol. The van der Waals surface area contributed by atoms with Crippen LogP contribution in [-0.4, -0.2) is 19.5 Å². The number of rotatable bonds is 6. The highest BCUT2D eigenvalue weighted by molar-refractivity contribution is 5.82. The first-order chi connectivity index (χ1) is 17.1. The van der Waals surface area contributed by atoms with E-state index in [1.807, 2.05) is 6.07 Å². The fraction of sp³-hybridized carbons (Fsp3) is 0.174. The van der Waals surface area contributed by atoms with E-state index in [1.54, 1.807) is 6.92 Å². The van der Waals surface area contributed by atoms with Crippen LogP contribution in [0.2, 0.25) is 0 Å². The largest absolute Gasteiger partial charge is 0.382 e. The molecule has 9 nitrogen and oxygen atoms in total. The Bertz CT molecular complexity index is 1560. The van der Waals surface area contributed by atoms with Crippen molar-refractivity contribution in [2.24, 2.45) is 0 Å². The number of benzene rings is 2. The quantitative estimate of drug-likeness (QED) is 0.338. The summed E-state index contributed by atoms with van der Waals surface area (Å²) >= 11 is 0. The molecule has 4 rings (SSSR count). The predicted octanol–water partition coefficient (Wildman–Crippen LogP) is 3.99. The summed E-state index contributed by atoms with van der Waals surface area (Å²) in [5, 5.41) is 12.0. The molecule has 2 heterocycles. The molecule has 0 spiro atoms. The minimum absolute atomic E-state index is 0.0524. The lowest BCUT2D eigenvalue weighted by Gasteiger charge is -2.23. The predicted molar refractivity (Wildman–Crippen MR) is 124 cm³/mol. The van der Waals surface area contributed by atoms with Crippen molar-refractivity contribution in [3.63, 3.8) is 0 Å². The average Bonchev–Trinajstić information content (AvgIpc) is 2.81. The van der Waals surface area contributed by atoms with Crippen LogP contribution in [0.5, 0.6) is 0 Å². The van der Waals surface area contributed by atoms with E-state index in [0.29, 0.717) is 6.07 Å². The number of anilines is 3. The van der Waals surface area contributed by atoms with Crippen molar-refractivity contribution in [3.8, 4) is 11.8 Å². The van der Waals surface area contributed by atoms with Crippen molar-refractivity contribution in [3.05, 3.63) is 75.3 Å². The number of fused-ring (bicyclic) bond motifs is 1.